The average Bonchev–Trinajstić information content (AvgIpc) is 2.42. The first kappa shape index (κ1) is 14.4. The number of aromatic nitrogens is 1. The van der Waals surface area contributed by atoms with Gasteiger partial charge in [-0.1, -0.05) is 72.1 Å². The van der Waals surface area contributed by atoms with Crippen molar-refractivity contribution in [3.05, 3.63) is 57.2 Å². The van der Waals surface area contributed by atoms with Crippen molar-refractivity contribution < 1.29 is 0 Å². The number of anilines is 1. The predicted molar refractivity (Wildman–Crippen MR) is 82.6 cm³/mol. The van der Waals surface area contributed by atoms with Gasteiger partial charge in [-0.3, -0.25) is 0 Å². The molecule has 0 aliphatic rings. The van der Waals surface area contributed by atoms with Gasteiger partial charge in [0.1, 0.15) is 11.0 Å². The fourth-order valence-corrected chi connectivity index (χ4v) is 2.28. The Morgan fingerprint density at radius 1 is 1.11 bits per heavy atom. The summed E-state index contributed by atoms with van der Waals surface area (Å²) >= 11 is 17.8. The summed E-state index contributed by atoms with van der Waals surface area (Å²) < 4.78 is 0. The molecule has 0 amide bonds. The third-order valence-electron chi connectivity index (χ3n) is 2.83. The van der Waals surface area contributed by atoms with Gasteiger partial charge < -0.3 is 5.32 Å². The maximum Gasteiger partial charge on any atom is 0.150 e. The van der Waals surface area contributed by atoms with Crippen LogP contribution in [0.5, 0.6) is 0 Å². The molecule has 0 aliphatic heterocycles. The Bertz CT molecular complexity index is 558. The standard InChI is InChI=1S/C14H13Cl3N2/c1-9(10-5-3-2-4-6-10)8-18-14-12(16)7-11(15)13(17)19-14/h2-7,9H,8H2,1H3,(H,18,19). The SMILES string of the molecule is CC(CNc1nc(Cl)c(Cl)cc1Cl)c1ccccc1. The number of nitrogens with zero attached hydrogens (tertiary/aromatic N) is 1. The van der Waals surface area contributed by atoms with Crippen LogP contribution in [0.1, 0.15) is 18.4 Å². The molecule has 0 spiro atoms. The zero-order chi connectivity index (χ0) is 13.8. The van der Waals surface area contributed by atoms with Crippen LogP contribution in [-0.4, -0.2) is 11.5 Å². The number of nitrogens with one attached hydrogen (secondary N) is 1. The van der Waals surface area contributed by atoms with Crippen LogP contribution >= 0.6 is 34.8 Å². The Hall–Kier alpha value is -0.960. The van der Waals surface area contributed by atoms with E-state index in [-0.39, 0.29) is 5.15 Å². The summed E-state index contributed by atoms with van der Waals surface area (Å²) in [5.41, 5.74) is 1.26. The van der Waals surface area contributed by atoms with Crippen LogP contribution < -0.4 is 5.32 Å². The van der Waals surface area contributed by atoms with Crippen molar-refractivity contribution in [2.24, 2.45) is 0 Å². The molecule has 0 saturated carbocycles. The van der Waals surface area contributed by atoms with Crippen molar-refractivity contribution in [3.63, 3.8) is 0 Å². The molecule has 100 valence electrons. The second kappa shape index (κ2) is 6.47. The molecule has 2 rings (SSSR count). The van der Waals surface area contributed by atoms with E-state index in [1.165, 1.54) is 5.56 Å². The van der Waals surface area contributed by atoms with E-state index in [1.54, 1.807) is 6.07 Å². The van der Waals surface area contributed by atoms with Crippen LogP contribution in [0, 0.1) is 0 Å². The first-order chi connectivity index (χ1) is 9.08. The zero-order valence-corrected chi connectivity index (χ0v) is 12.6. The Morgan fingerprint density at radius 2 is 1.79 bits per heavy atom. The van der Waals surface area contributed by atoms with Crippen LogP contribution in [-0.2, 0) is 0 Å². The topological polar surface area (TPSA) is 24.9 Å². The molecule has 1 aromatic carbocycles. The third kappa shape index (κ3) is 3.75. The van der Waals surface area contributed by atoms with Gasteiger partial charge in [0.05, 0.1) is 10.0 Å². The monoisotopic (exact) mass is 314 g/mol. The second-order valence-electron chi connectivity index (χ2n) is 4.28. The van der Waals surface area contributed by atoms with E-state index in [4.69, 9.17) is 34.8 Å². The van der Waals surface area contributed by atoms with Gasteiger partial charge in [-0.2, -0.15) is 0 Å². The lowest BCUT2D eigenvalue weighted by Gasteiger charge is -2.14. The highest BCUT2D eigenvalue weighted by molar-refractivity contribution is 6.42. The molecule has 0 radical (unpaired) electrons. The largest absolute Gasteiger partial charge is 0.368 e. The average molecular weight is 316 g/mol. The van der Waals surface area contributed by atoms with Crippen LogP contribution in [0.4, 0.5) is 5.82 Å². The molecule has 0 aliphatic carbocycles. The first-order valence-corrected chi connectivity index (χ1v) is 7.01. The van der Waals surface area contributed by atoms with E-state index in [1.807, 2.05) is 18.2 Å². The van der Waals surface area contributed by atoms with Crippen molar-refractivity contribution in [2.45, 2.75) is 12.8 Å². The first-order valence-electron chi connectivity index (χ1n) is 5.88. The molecule has 0 bridgehead atoms. The molecule has 0 saturated heterocycles. The van der Waals surface area contributed by atoms with Gasteiger partial charge in [-0.15, -0.1) is 0 Å². The Labute approximate surface area is 127 Å². The molecule has 1 N–H and O–H groups in total. The van der Waals surface area contributed by atoms with Gasteiger partial charge >= 0.3 is 0 Å². The van der Waals surface area contributed by atoms with Crippen molar-refractivity contribution >= 4 is 40.6 Å². The fraction of sp³-hybridized carbons (Fsp3) is 0.214. The predicted octanol–water partition coefficient (Wildman–Crippen LogP) is 5.26. The minimum Gasteiger partial charge on any atom is -0.368 e. The highest BCUT2D eigenvalue weighted by Crippen LogP contribution is 2.29. The van der Waals surface area contributed by atoms with Gasteiger partial charge in [0, 0.05) is 6.54 Å². The molecule has 0 fully saturated rings. The molecule has 1 heterocycles. The molecular weight excluding hydrogens is 303 g/mol. The van der Waals surface area contributed by atoms with Crippen LogP contribution in [0.3, 0.4) is 0 Å². The number of hydrogen-bond donors (Lipinski definition) is 1. The lowest BCUT2D eigenvalue weighted by Crippen LogP contribution is -2.11. The Balaban J connectivity index is 2.05. The van der Waals surface area contributed by atoms with E-state index >= 15 is 0 Å². The number of benzene rings is 1. The van der Waals surface area contributed by atoms with Gasteiger partial charge in [0.15, 0.2) is 0 Å². The number of halogens is 3. The summed E-state index contributed by atoms with van der Waals surface area (Å²) in [6, 6.07) is 11.8. The molecule has 1 atom stereocenters. The van der Waals surface area contributed by atoms with Crippen molar-refractivity contribution in [1.82, 2.24) is 4.98 Å². The molecule has 5 heteroatoms. The summed E-state index contributed by atoms with van der Waals surface area (Å²) in [6.45, 7) is 2.85. The summed E-state index contributed by atoms with van der Waals surface area (Å²) in [5, 5.41) is 4.27. The number of pyridine rings is 1. The van der Waals surface area contributed by atoms with E-state index in [0.717, 1.165) is 0 Å². The molecule has 1 unspecified atom stereocenters. The van der Waals surface area contributed by atoms with Crippen LogP contribution in [0.25, 0.3) is 0 Å². The molecule has 19 heavy (non-hydrogen) atoms. The van der Waals surface area contributed by atoms with Gasteiger partial charge in [-0.25, -0.2) is 4.98 Å². The van der Waals surface area contributed by atoms with Gasteiger partial charge in [-0.05, 0) is 17.5 Å². The number of hydrogen-bond acceptors (Lipinski definition) is 2. The maximum absolute atomic E-state index is 6.06. The van der Waals surface area contributed by atoms with E-state index < -0.39 is 0 Å². The number of rotatable bonds is 4. The smallest absolute Gasteiger partial charge is 0.150 e. The van der Waals surface area contributed by atoms with E-state index in [2.05, 4.69) is 29.4 Å². The fourth-order valence-electron chi connectivity index (χ4n) is 1.72. The lowest BCUT2D eigenvalue weighted by atomic mass is 10.0. The highest BCUT2D eigenvalue weighted by Gasteiger charge is 2.10. The zero-order valence-electron chi connectivity index (χ0n) is 10.3. The van der Waals surface area contributed by atoms with E-state index in [0.29, 0.717) is 28.3 Å². The summed E-state index contributed by atoms with van der Waals surface area (Å²) in [4.78, 5) is 4.13. The van der Waals surface area contributed by atoms with Crippen LogP contribution in [0.2, 0.25) is 15.2 Å². The minimum absolute atomic E-state index is 0.251. The Kier molecular flexibility index (Phi) is 4.92. The molecule has 1 aromatic heterocycles. The third-order valence-corrected chi connectivity index (χ3v) is 3.79. The second-order valence-corrected chi connectivity index (χ2v) is 5.46. The minimum atomic E-state index is 0.251. The van der Waals surface area contributed by atoms with Crippen molar-refractivity contribution in [1.29, 1.82) is 0 Å². The van der Waals surface area contributed by atoms with Crippen LogP contribution in [0.15, 0.2) is 36.4 Å². The summed E-state index contributed by atoms with van der Waals surface area (Å²) in [7, 11) is 0. The molecule has 2 nitrogen and oxygen atoms in total. The van der Waals surface area contributed by atoms with Gasteiger partial charge in [0.2, 0.25) is 0 Å². The highest BCUT2D eigenvalue weighted by atomic mass is 35.5. The molecule has 2 aromatic rings. The van der Waals surface area contributed by atoms with Crippen molar-refractivity contribution in [3.8, 4) is 0 Å². The maximum atomic E-state index is 6.06. The summed E-state index contributed by atoms with van der Waals surface area (Å²) in [5.74, 6) is 0.896. The van der Waals surface area contributed by atoms with E-state index in [9.17, 15) is 0 Å². The quantitative estimate of drug-likeness (QED) is 0.779. The molecular formula is C14H13Cl3N2. The lowest BCUT2D eigenvalue weighted by molar-refractivity contribution is 0.801. The van der Waals surface area contributed by atoms with Crippen molar-refractivity contribution in [2.75, 3.05) is 11.9 Å². The van der Waals surface area contributed by atoms with Gasteiger partial charge in [0.25, 0.3) is 0 Å². The Morgan fingerprint density at radius 3 is 2.47 bits per heavy atom. The normalized spacial score (nSPS) is 12.2. The summed E-state index contributed by atoms with van der Waals surface area (Å²) in [6.07, 6.45) is 0.